The molecule has 0 atom stereocenters. The lowest BCUT2D eigenvalue weighted by molar-refractivity contribution is -0.132. The quantitative estimate of drug-likeness (QED) is 0.434. The van der Waals surface area contributed by atoms with E-state index in [1.807, 2.05) is 53.4 Å². The van der Waals surface area contributed by atoms with Crippen molar-refractivity contribution in [3.8, 4) is 11.5 Å². The highest BCUT2D eigenvalue weighted by Gasteiger charge is 2.18. The maximum atomic E-state index is 13.1. The molecular formula is C27H39N3O3. The van der Waals surface area contributed by atoms with E-state index >= 15 is 0 Å². The Morgan fingerprint density at radius 2 is 1.79 bits per heavy atom. The van der Waals surface area contributed by atoms with Crippen molar-refractivity contribution in [2.24, 2.45) is 5.73 Å². The van der Waals surface area contributed by atoms with E-state index in [4.69, 9.17) is 15.2 Å². The van der Waals surface area contributed by atoms with Crippen LogP contribution in [0.3, 0.4) is 0 Å². The van der Waals surface area contributed by atoms with Crippen molar-refractivity contribution >= 4 is 5.91 Å². The van der Waals surface area contributed by atoms with Crippen molar-refractivity contribution in [2.45, 2.75) is 51.7 Å². The van der Waals surface area contributed by atoms with Crippen LogP contribution in [0.15, 0.2) is 48.5 Å². The SMILES string of the molecule is COc1ccc(CN(CCN2CCCC2)C(=O)CCCCCN)cc1OCc1ccccc1. The molecule has 1 aliphatic heterocycles. The number of unbranched alkanes of at least 4 members (excludes halogenated alkanes) is 2. The fraction of sp³-hybridized carbons (Fsp3) is 0.519. The molecule has 0 radical (unpaired) electrons. The number of carbonyl (C=O) groups excluding carboxylic acids is 1. The summed E-state index contributed by atoms with van der Waals surface area (Å²) in [6.45, 7) is 5.69. The molecule has 6 heteroatoms. The molecule has 0 unspecified atom stereocenters. The number of methoxy groups -OCH3 is 1. The topological polar surface area (TPSA) is 68.0 Å². The van der Waals surface area contributed by atoms with Crippen LogP contribution in [0.4, 0.5) is 0 Å². The van der Waals surface area contributed by atoms with Crippen molar-refractivity contribution in [3.63, 3.8) is 0 Å². The Kier molecular flexibility index (Phi) is 10.5. The predicted molar refractivity (Wildman–Crippen MR) is 132 cm³/mol. The number of benzene rings is 2. The first kappa shape index (κ1) is 25.1. The lowest BCUT2D eigenvalue weighted by atomic mass is 10.1. The Balaban J connectivity index is 1.66. The molecule has 1 heterocycles. The number of amides is 1. The van der Waals surface area contributed by atoms with E-state index in [1.54, 1.807) is 7.11 Å². The molecule has 2 N–H and O–H groups in total. The summed E-state index contributed by atoms with van der Waals surface area (Å²) in [4.78, 5) is 17.5. The number of ether oxygens (including phenoxy) is 2. The zero-order valence-corrected chi connectivity index (χ0v) is 20.0. The Bertz CT molecular complexity index is 838. The highest BCUT2D eigenvalue weighted by atomic mass is 16.5. The first-order chi connectivity index (χ1) is 16.2. The molecule has 33 heavy (non-hydrogen) atoms. The fourth-order valence-electron chi connectivity index (χ4n) is 4.20. The second-order valence-electron chi connectivity index (χ2n) is 8.72. The van der Waals surface area contributed by atoms with Gasteiger partial charge in [0, 0.05) is 26.1 Å². The van der Waals surface area contributed by atoms with Gasteiger partial charge in [0.2, 0.25) is 5.91 Å². The summed E-state index contributed by atoms with van der Waals surface area (Å²) in [5.41, 5.74) is 7.75. The van der Waals surface area contributed by atoms with Crippen LogP contribution in [0.1, 0.15) is 49.7 Å². The van der Waals surface area contributed by atoms with Gasteiger partial charge < -0.3 is 25.0 Å². The van der Waals surface area contributed by atoms with E-state index in [-0.39, 0.29) is 5.91 Å². The minimum absolute atomic E-state index is 0.216. The van der Waals surface area contributed by atoms with E-state index in [0.717, 1.165) is 56.6 Å². The van der Waals surface area contributed by atoms with Crippen LogP contribution in [0, 0.1) is 0 Å². The zero-order valence-electron chi connectivity index (χ0n) is 20.0. The van der Waals surface area contributed by atoms with Crippen LogP contribution in [0.2, 0.25) is 0 Å². The van der Waals surface area contributed by atoms with Crippen molar-refractivity contribution < 1.29 is 14.3 Å². The molecule has 0 aromatic heterocycles. The van der Waals surface area contributed by atoms with Gasteiger partial charge in [-0.1, -0.05) is 42.8 Å². The standard InChI is InChI=1S/C27H39N3O3/c1-32-25-14-13-24(20-26(25)33-22-23-10-4-2-5-11-23)21-30(19-18-29-16-8-9-17-29)27(31)12-6-3-7-15-28/h2,4-5,10-11,13-14,20H,3,6-9,12,15-19,21-22,28H2,1H3. The largest absolute Gasteiger partial charge is 0.493 e. The first-order valence-corrected chi connectivity index (χ1v) is 12.2. The van der Waals surface area contributed by atoms with Gasteiger partial charge in [-0.2, -0.15) is 0 Å². The highest BCUT2D eigenvalue weighted by molar-refractivity contribution is 5.76. The van der Waals surface area contributed by atoms with Crippen LogP contribution in [0.25, 0.3) is 0 Å². The van der Waals surface area contributed by atoms with Gasteiger partial charge in [-0.3, -0.25) is 4.79 Å². The Hall–Kier alpha value is -2.57. The molecule has 2 aromatic rings. The minimum Gasteiger partial charge on any atom is -0.493 e. The maximum absolute atomic E-state index is 13.1. The molecule has 6 nitrogen and oxygen atoms in total. The second kappa shape index (κ2) is 13.9. The number of hydrogen-bond donors (Lipinski definition) is 1. The molecule has 1 aliphatic rings. The average Bonchev–Trinajstić information content (AvgIpc) is 3.37. The third-order valence-corrected chi connectivity index (χ3v) is 6.17. The summed E-state index contributed by atoms with van der Waals surface area (Å²) < 4.78 is 11.6. The van der Waals surface area contributed by atoms with E-state index in [2.05, 4.69) is 4.90 Å². The van der Waals surface area contributed by atoms with Crippen LogP contribution in [-0.2, 0) is 17.9 Å². The van der Waals surface area contributed by atoms with Crippen LogP contribution < -0.4 is 15.2 Å². The lowest BCUT2D eigenvalue weighted by Crippen LogP contribution is -2.37. The van der Waals surface area contributed by atoms with Gasteiger partial charge in [-0.05, 0) is 68.6 Å². The summed E-state index contributed by atoms with van der Waals surface area (Å²) >= 11 is 0. The maximum Gasteiger partial charge on any atom is 0.222 e. The summed E-state index contributed by atoms with van der Waals surface area (Å²) in [6, 6.07) is 16.0. The molecular weight excluding hydrogens is 414 g/mol. The average molecular weight is 454 g/mol. The molecule has 0 bridgehead atoms. The van der Waals surface area contributed by atoms with Crippen molar-refractivity contribution in [1.29, 1.82) is 0 Å². The molecule has 0 saturated carbocycles. The number of rotatable bonds is 14. The Morgan fingerprint density at radius 1 is 1.00 bits per heavy atom. The van der Waals surface area contributed by atoms with Gasteiger partial charge in [0.05, 0.1) is 7.11 Å². The van der Waals surface area contributed by atoms with E-state index in [1.165, 1.54) is 12.8 Å². The smallest absolute Gasteiger partial charge is 0.222 e. The predicted octanol–water partition coefficient (Wildman–Crippen LogP) is 4.22. The number of nitrogens with two attached hydrogens (primary N) is 1. The lowest BCUT2D eigenvalue weighted by Gasteiger charge is -2.26. The van der Waals surface area contributed by atoms with Gasteiger partial charge in [0.1, 0.15) is 6.61 Å². The molecule has 3 rings (SSSR count). The third-order valence-electron chi connectivity index (χ3n) is 6.17. The van der Waals surface area contributed by atoms with E-state index in [9.17, 15) is 4.79 Å². The van der Waals surface area contributed by atoms with Gasteiger partial charge in [0.25, 0.3) is 0 Å². The van der Waals surface area contributed by atoms with Crippen LogP contribution >= 0.6 is 0 Å². The van der Waals surface area contributed by atoms with Crippen molar-refractivity contribution in [2.75, 3.05) is 39.8 Å². The number of carbonyl (C=O) groups is 1. The van der Waals surface area contributed by atoms with Gasteiger partial charge in [-0.15, -0.1) is 0 Å². The van der Waals surface area contributed by atoms with Crippen molar-refractivity contribution in [1.82, 2.24) is 9.80 Å². The number of hydrogen-bond acceptors (Lipinski definition) is 5. The Morgan fingerprint density at radius 3 is 2.52 bits per heavy atom. The number of nitrogens with zero attached hydrogens (tertiary/aromatic N) is 2. The summed E-state index contributed by atoms with van der Waals surface area (Å²) in [6.07, 6.45) is 5.96. The minimum atomic E-state index is 0.216. The Labute approximate surface area is 198 Å². The monoisotopic (exact) mass is 453 g/mol. The molecule has 180 valence electrons. The van der Waals surface area contributed by atoms with Crippen LogP contribution in [-0.4, -0.2) is 55.5 Å². The van der Waals surface area contributed by atoms with Crippen LogP contribution in [0.5, 0.6) is 11.5 Å². The van der Waals surface area contributed by atoms with Gasteiger partial charge in [0.15, 0.2) is 11.5 Å². The molecule has 2 aromatic carbocycles. The highest BCUT2D eigenvalue weighted by Crippen LogP contribution is 2.29. The molecule has 0 spiro atoms. The number of likely N-dealkylation sites (tertiary alicyclic amines) is 1. The van der Waals surface area contributed by atoms with Gasteiger partial charge >= 0.3 is 0 Å². The van der Waals surface area contributed by atoms with E-state index in [0.29, 0.717) is 37.6 Å². The summed E-state index contributed by atoms with van der Waals surface area (Å²) in [5.74, 6) is 1.62. The molecule has 1 amide bonds. The normalized spacial score (nSPS) is 13.8. The fourth-order valence-corrected chi connectivity index (χ4v) is 4.20. The molecule has 1 fully saturated rings. The van der Waals surface area contributed by atoms with E-state index < -0.39 is 0 Å². The first-order valence-electron chi connectivity index (χ1n) is 12.2. The molecule has 0 aliphatic carbocycles. The second-order valence-corrected chi connectivity index (χ2v) is 8.72. The summed E-state index contributed by atoms with van der Waals surface area (Å²) in [5, 5.41) is 0. The van der Waals surface area contributed by atoms with Gasteiger partial charge in [-0.25, -0.2) is 0 Å². The zero-order chi connectivity index (χ0) is 23.3. The van der Waals surface area contributed by atoms with Crippen molar-refractivity contribution in [3.05, 3.63) is 59.7 Å². The molecule has 1 saturated heterocycles. The summed E-state index contributed by atoms with van der Waals surface area (Å²) in [7, 11) is 1.65. The third kappa shape index (κ3) is 8.37.